The molecule has 1 aliphatic heterocycles. The highest BCUT2D eigenvalue weighted by Crippen LogP contribution is 2.30. The molecule has 0 amide bonds. The number of hydrogen-bond acceptors (Lipinski definition) is 2. The highest BCUT2D eigenvalue weighted by molar-refractivity contribution is 9.10. The van der Waals surface area contributed by atoms with E-state index in [1.807, 2.05) is 12.1 Å². The highest BCUT2D eigenvalue weighted by atomic mass is 79.9. The molecule has 0 aromatic heterocycles. The van der Waals surface area contributed by atoms with Crippen LogP contribution in [0.2, 0.25) is 0 Å². The summed E-state index contributed by atoms with van der Waals surface area (Å²) in [7, 11) is 0. The van der Waals surface area contributed by atoms with Gasteiger partial charge in [-0.2, -0.15) is 0 Å². The molecule has 1 aliphatic rings. The molecule has 4 heteroatoms. The molecule has 1 aromatic rings. The fraction of sp³-hybridized carbons (Fsp3) is 0.562. The first kappa shape index (κ1) is 15.4. The SMILES string of the molecule is CC(C)C1CCCN(c2ccc(Br)cc2C(=N)N)CC1. The van der Waals surface area contributed by atoms with Crippen LogP contribution in [-0.2, 0) is 0 Å². The van der Waals surface area contributed by atoms with Crippen molar-refractivity contribution in [3.8, 4) is 0 Å². The molecule has 1 unspecified atom stereocenters. The van der Waals surface area contributed by atoms with Crippen LogP contribution in [0.4, 0.5) is 5.69 Å². The Morgan fingerprint density at radius 3 is 2.75 bits per heavy atom. The van der Waals surface area contributed by atoms with Gasteiger partial charge >= 0.3 is 0 Å². The Kier molecular flexibility index (Phi) is 5.08. The first-order valence-electron chi connectivity index (χ1n) is 7.38. The molecule has 0 aliphatic carbocycles. The van der Waals surface area contributed by atoms with Crippen molar-refractivity contribution in [2.45, 2.75) is 33.1 Å². The standard InChI is InChI=1S/C16H24BrN3/c1-11(2)12-4-3-8-20(9-7-12)15-6-5-13(17)10-14(15)16(18)19/h5-6,10-12H,3-4,7-9H2,1-2H3,(H3,18,19). The summed E-state index contributed by atoms with van der Waals surface area (Å²) in [5.74, 6) is 1.72. The molecule has 3 N–H and O–H groups in total. The van der Waals surface area contributed by atoms with E-state index in [1.165, 1.54) is 19.3 Å². The van der Waals surface area contributed by atoms with Crippen molar-refractivity contribution >= 4 is 27.5 Å². The summed E-state index contributed by atoms with van der Waals surface area (Å²) >= 11 is 3.46. The van der Waals surface area contributed by atoms with Crippen molar-refractivity contribution in [2.24, 2.45) is 17.6 Å². The van der Waals surface area contributed by atoms with Gasteiger partial charge in [0, 0.05) is 28.8 Å². The number of halogens is 1. The van der Waals surface area contributed by atoms with Crippen LogP contribution in [0.25, 0.3) is 0 Å². The third kappa shape index (κ3) is 3.54. The zero-order valence-corrected chi connectivity index (χ0v) is 13.9. The van der Waals surface area contributed by atoms with Gasteiger partial charge in [0.25, 0.3) is 0 Å². The number of rotatable bonds is 3. The number of nitrogen functional groups attached to an aromatic ring is 1. The molecular formula is C16H24BrN3. The number of benzene rings is 1. The van der Waals surface area contributed by atoms with Crippen molar-refractivity contribution in [3.63, 3.8) is 0 Å². The molecule has 1 heterocycles. The van der Waals surface area contributed by atoms with E-state index in [0.29, 0.717) is 0 Å². The Morgan fingerprint density at radius 2 is 2.10 bits per heavy atom. The van der Waals surface area contributed by atoms with E-state index >= 15 is 0 Å². The molecule has 20 heavy (non-hydrogen) atoms. The first-order chi connectivity index (χ1) is 9.49. The maximum atomic E-state index is 7.78. The molecule has 1 saturated heterocycles. The van der Waals surface area contributed by atoms with Crippen LogP contribution in [0.1, 0.15) is 38.7 Å². The van der Waals surface area contributed by atoms with Crippen LogP contribution < -0.4 is 10.6 Å². The predicted octanol–water partition coefficient (Wildman–Crippen LogP) is 4.00. The number of nitrogens with one attached hydrogen (secondary N) is 1. The molecule has 2 rings (SSSR count). The van der Waals surface area contributed by atoms with Crippen molar-refractivity contribution in [2.75, 3.05) is 18.0 Å². The topological polar surface area (TPSA) is 53.1 Å². The van der Waals surface area contributed by atoms with E-state index in [0.717, 1.165) is 40.6 Å². The third-order valence-electron chi connectivity index (χ3n) is 4.31. The van der Waals surface area contributed by atoms with Gasteiger partial charge in [-0.1, -0.05) is 29.8 Å². The quantitative estimate of drug-likeness (QED) is 0.647. The number of nitrogens with zero attached hydrogens (tertiary/aromatic N) is 1. The first-order valence-corrected chi connectivity index (χ1v) is 8.17. The lowest BCUT2D eigenvalue weighted by Gasteiger charge is -2.26. The minimum atomic E-state index is 0.144. The second-order valence-electron chi connectivity index (χ2n) is 6.00. The van der Waals surface area contributed by atoms with Gasteiger partial charge in [-0.05, 0) is 49.3 Å². The molecule has 1 fully saturated rings. The van der Waals surface area contributed by atoms with Crippen LogP contribution in [0, 0.1) is 17.2 Å². The predicted molar refractivity (Wildman–Crippen MR) is 89.6 cm³/mol. The Labute approximate surface area is 130 Å². The second kappa shape index (κ2) is 6.61. The lowest BCUT2D eigenvalue weighted by molar-refractivity contribution is 0.351. The number of hydrogen-bond donors (Lipinski definition) is 2. The molecule has 0 spiro atoms. The van der Waals surface area contributed by atoms with E-state index in [4.69, 9.17) is 11.1 Å². The third-order valence-corrected chi connectivity index (χ3v) is 4.80. The minimum absolute atomic E-state index is 0.144. The average molecular weight is 338 g/mol. The van der Waals surface area contributed by atoms with Crippen LogP contribution in [0.15, 0.2) is 22.7 Å². The van der Waals surface area contributed by atoms with Crippen LogP contribution in [0.3, 0.4) is 0 Å². The highest BCUT2D eigenvalue weighted by Gasteiger charge is 2.21. The summed E-state index contributed by atoms with van der Waals surface area (Å²) < 4.78 is 0.973. The normalized spacial score (nSPS) is 20.0. The van der Waals surface area contributed by atoms with Gasteiger partial charge < -0.3 is 10.6 Å². The van der Waals surface area contributed by atoms with Gasteiger partial charge in [-0.3, -0.25) is 5.41 Å². The molecule has 0 bridgehead atoms. The number of amidine groups is 1. The summed E-state index contributed by atoms with van der Waals surface area (Å²) in [5.41, 5.74) is 7.68. The van der Waals surface area contributed by atoms with Crippen molar-refractivity contribution in [1.29, 1.82) is 5.41 Å². The Hall–Kier alpha value is -1.03. The Morgan fingerprint density at radius 1 is 1.35 bits per heavy atom. The summed E-state index contributed by atoms with van der Waals surface area (Å²) in [5, 5.41) is 7.78. The largest absolute Gasteiger partial charge is 0.384 e. The fourth-order valence-electron chi connectivity index (χ4n) is 3.03. The van der Waals surface area contributed by atoms with E-state index in [9.17, 15) is 0 Å². The maximum Gasteiger partial charge on any atom is 0.124 e. The maximum absolute atomic E-state index is 7.78. The van der Waals surface area contributed by atoms with E-state index in [1.54, 1.807) is 0 Å². The second-order valence-corrected chi connectivity index (χ2v) is 6.91. The van der Waals surface area contributed by atoms with Gasteiger partial charge in [0.05, 0.1) is 0 Å². The molecule has 1 atom stereocenters. The molecule has 0 radical (unpaired) electrons. The summed E-state index contributed by atoms with van der Waals surface area (Å²) in [6, 6.07) is 6.06. The number of anilines is 1. The minimum Gasteiger partial charge on any atom is -0.384 e. The van der Waals surface area contributed by atoms with Gasteiger partial charge in [-0.25, -0.2) is 0 Å². The zero-order chi connectivity index (χ0) is 14.7. The molecule has 1 aromatic carbocycles. The molecule has 3 nitrogen and oxygen atoms in total. The van der Waals surface area contributed by atoms with E-state index in [2.05, 4.69) is 40.7 Å². The van der Waals surface area contributed by atoms with Crippen molar-refractivity contribution < 1.29 is 0 Å². The zero-order valence-electron chi connectivity index (χ0n) is 12.3. The van der Waals surface area contributed by atoms with Gasteiger partial charge in [0.1, 0.15) is 5.84 Å². The average Bonchev–Trinajstić information content (AvgIpc) is 2.64. The van der Waals surface area contributed by atoms with Crippen LogP contribution >= 0.6 is 15.9 Å². The molecular weight excluding hydrogens is 314 g/mol. The van der Waals surface area contributed by atoms with Crippen molar-refractivity contribution in [3.05, 3.63) is 28.2 Å². The number of nitrogens with two attached hydrogens (primary N) is 1. The molecule has 110 valence electrons. The Bertz CT molecular complexity index is 485. The lowest BCUT2D eigenvalue weighted by atomic mass is 9.89. The summed E-state index contributed by atoms with van der Waals surface area (Å²) in [6.07, 6.45) is 3.75. The van der Waals surface area contributed by atoms with E-state index in [-0.39, 0.29) is 5.84 Å². The fourth-order valence-corrected chi connectivity index (χ4v) is 3.39. The van der Waals surface area contributed by atoms with E-state index < -0.39 is 0 Å². The van der Waals surface area contributed by atoms with Gasteiger partial charge in [0.2, 0.25) is 0 Å². The Balaban J connectivity index is 2.21. The summed E-state index contributed by atoms with van der Waals surface area (Å²) in [6.45, 7) is 6.76. The summed E-state index contributed by atoms with van der Waals surface area (Å²) in [4.78, 5) is 2.39. The monoisotopic (exact) mass is 337 g/mol. The lowest BCUT2D eigenvalue weighted by Crippen LogP contribution is -2.27. The smallest absolute Gasteiger partial charge is 0.124 e. The van der Waals surface area contributed by atoms with Crippen LogP contribution in [0.5, 0.6) is 0 Å². The van der Waals surface area contributed by atoms with Gasteiger partial charge in [-0.15, -0.1) is 0 Å². The van der Waals surface area contributed by atoms with Crippen LogP contribution in [-0.4, -0.2) is 18.9 Å². The van der Waals surface area contributed by atoms with Gasteiger partial charge in [0.15, 0.2) is 0 Å². The molecule has 0 saturated carbocycles. The van der Waals surface area contributed by atoms with Crippen molar-refractivity contribution in [1.82, 2.24) is 0 Å².